The third-order valence-corrected chi connectivity index (χ3v) is 6.26. The molecule has 3 heterocycles. The fourth-order valence-electron chi connectivity index (χ4n) is 4.22. The SMILES string of the molecule is CN1CC[C@@](O)(c2cc(-c3cc(F)cc(-c4cc(C5CC5)c(N)c(C(N)=O)n4)c3)no2)C1=O. The molecule has 1 aromatic carbocycles. The van der Waals surface area contributed by atoms with Crippen molar-refractivity contribution in [2.24, 2.45) is 5.73 Å². The number of nitrogen functional groups attached to an aromatic ring is 1. The van der Waals surface area contributed by atoms with Gasteiger partial charge in [-0.15, -0.1) is 0 Å². The van der Waals surface area contributed by atoms with Crippen LogP contribution in [0.1, 0.15) is 47.0 Å². The van der Waals surface area contributed by atoms with E-state index in [-0.39, 0.29) is 35.2 Å². The van der Waals surface area contributed by atoms with E-state index in [0.29, 0.717) is 23.4 Å². The summed E-state index contributed by atoms with van der Waals surface area (Å²) in [7, 11) is 1.59. The predicted molar refractivity (Wildman–Crippen MR) is 116 cm³/mol. The third kappa shape index (κ3) is 3.52. The zero-order valence-corrected chi connectivity index (χ0v) is 17.8. The number of anilines is 1. The first-order valence-corrected chi connectivity index (χ1v) is 10.5. The van der Waals surface area contributed by atoms with Crippen molar-refractivity contribution in [3.63, 3.8) is 0 Å². The van der Waals surface area contributed by atoms with Crippen LogP contribution in [0.25, 0.3) is 22.5 Å². The molecule has 1 aliphatic heterocycles. The largest absolute Gasteiger partial charge is 0.397 e. The number of carbonyl (C=O) groups is 2. The lowest BCUT2D eigenvalue weighted by molar-refractivity contribution is -0.144. The van der Waals surface area contributed by atoms with Gasteiger partial charge in [0.05, 0.1) is 11.4 Å². The number of likely N-dealkylation sites (tertiary alicyclic amines) is 1. The van der Waals surface area contributed by atoms with E-state index >= 15 is 0 Å². The summed E-state index contributed by atoms with van der Waals surface area (Å²) in [6.07, 6.45) is 2.05. The third-order valence-electron chi connectivity index (χ3n) is 6.26. The second-order valence-corrected chi connectivity index (χ2v) is 8.64. The molecular formula is C23H22FN5O4. The highest BCUT2D eigenvalue weighted by Crippen LogP contribution is 2.44. The lowest BCUT2D eigenvalue weighted by Gasteiger charge is -2.16. The van der Waals surface area contributed by atoms with Gasteiger partial charge in [0.2, 0.25) is 5.60 Å². The van der Waals surface area contributed by atoms with Crippen LogP contribution in [0.5, 0.6) is 0 Å². The summed E-state index contributed by atoms with van der Waals surface area (Å²) in [5.74, 6) is -1.58. The molecule has 5 rings (SSSR count). The Kier molecular flexibility index (Phi) is 4.71. The van der Waals surface area contributed by atoms with Gasteiger partial charge in [0.25, 0.3) is 11.8 Å². The number of nitrogens with zero attached hydrogens (tertiary/aromatic N) is 3. The maximum absolute atomic E-state index is 14.6. The van der Waals surface area contributed by atoms with E-state index in [1.807, 2.05) is 0 Å². The number of halogens is 1. The molecular weight excluding hydrogens is 429 g/mol. The molecule has 9 nitrogen and oxygen atoms in total. The van der Waals surface area contributed by atoms with Gasteiger partial charge < -0.3 is 26.0 Å². The van der Waals surface area contributed by atoms with Gasteiger partial charge in [0, 0.05) is 37.2 Å². The van der Waals surface area contributed by atoms with Crippen LogP contribution < -0.4 is 11.5 Å². The summed E-state index contributed by atoms with van der Waals surface area (Å²) in [6, 6.07) is 7.36. The Labute approximate surface area is 188 Å². The molecule has 170 valence electrons. The molecule has 2 amide bonds. The van der Waals surface area contributed by atoms with Crippen molar-refractivity contribution in [1.82, 2.24) is 15.0 Å². The summed E-state index contributed by atoms with van der Waals surface area (Å²) in [4.78, 5) is 29.9. The quantitative estimate of drug-likeness (QED) is 0.538. The molecule has 0 radical (unpaired) electrons. The smallest absolute Gasteiger partial charge is 0.269 e. The molecule has 2 fully saturated rings. The van der Waals surface area contributed by atoms with Crippen molar-refractivity contribution in [3.05, 3.63) is 53.2 Å². The average Bonchev–Trinajstić information content (AvgIpc) is 3.43. The molecule has 3 aromatic rings. The van der Waals surface area contributed by atoms with E-state index in [1.54, 1.807) is 19.2 Å². The lowest BCUT2D eigenvalue weighted by Crippen LogP contribution is -2.35. The number of benzene rings is 1. The summed E-state index contributed by atoms with van der Waals surface area (Å²) in [6.45, 7) is 0.379. The molecule has 2 aromatic heterocycles. The van der Waals surface area contributed by atoms with Crippen molar-refractivity contribution in [2.45, 2.75) is 30.8 Å². The van der Waals surface area contributed by atoms with Gasteiger partial charge in [-0.2, -0.15) is 0 Å². The molecule has 2 aliphatic rings. The van der Waals surface area contributed by atoms with Crippen LogP contribution in [0, 0.1) is 5.82 Å². The van der Waals surface area contributed by atoms with Gasteiger partial charge in [-0.25, -0.2) is 9.37 Å². The molecule has 10 heteroatoms. The summed E-state index contributed by atoms with van der Waals surface area (Å²) in [5, 5.41) is 14.7. The van der Waals surface area contributed by atoms with Crippen molar-refractivity contribution in [3.8, 4) is 22.5 Å². The molecule has 5 N–H and O–H groups in total. The van der Waals surface area contributed by atoms with Crippen molar-refractivity contribution < 1.29 is 23.6 Å². The van der Waals surface area contributed by atoms with Gasteiger partial charge >= 0.3 is 0 Å². The first kappa shape index (κ1) is 21.1. The molecule has 1 atom stereocenters. The van der Waals surface area contributed by atoms with E-state index in [0.717, 1.165) is 18.4 Å². The Morgan fingerprint density at radius 3 is 2.52 bits per heavy atom. The highest BCUT2D eigenvalue weighted by atomic mass is 19.1. The standard InChI is InChI=1S/C23H22FN5O4/c1-29-5-4-23(32,22(29)31)18-10-17(28-33-18)13-6-12(7-14(24)8-13)16-9-15(11-2-3-11)19(25)20(27-16)21(26)30/h6-11,32H,2-5,25H2,1H3,(H2,26,30)/t23-/m1/s1. The first-order chi connectivity index (χ1) is 15.7. The number of amides is 2. The van der Waals surface area contributed by atoms with Crippen LogP contribution >= 0.6 is 0 Å². The van der Waals surface area contributed by atoms with E-state index < -0.39 is 23.2 Å². The van der Waals surface area contributed by atoms with Gasteiger partial charge in [-0.3, -0.25) is 9.59 Å². The van der Waals surface area contributed by atoms with Gasteiger partial charge in [0.15, 0.2) is 11.5 Å². The Morgan fingerprint density at radius 1 is 1.21 bits per heavy atom. The van der Waals surface area contributed by atoms with Crippen LogP contribution in [0.15, 0.2) is 34.9 Å². The van der Waals surface area contributed by atoms with Crippen molar-refractivity contribution in [2.75, 3.05) is 19.3 Å². The van der Waals surface area contributed by atoms with Crippen LogP contribution in [0.3, 0.4) is 0 Å². The Balaban J connectivity index is 1.56. The Bertz CT molecular complexity index is 1300. The minimum atomic E-state index is -1.80. The molecule has 33 heavy (non-hydrogen) atoms. The Hall–Kier alpha value is -3.79. The molecule has 0 spiro atoms. The number of pyridine rings is 1. The van der Waals surface area contributed by atoms with Gasteiger partial charge in [-0.1, -0.05) is 5.16 Å². The number of primary amides is 1. The normalized spacial score (nSPS) is 20.5. The number of aliphatic hydroxyl groups is 1. The predicted octanol–water partition coefficient (Wildman–Crippen LogP) is 2.15. The van der Waals surface area contributed by atoms with Crippen molar-refractivity contribution in [1.29, 1.82) is 0 Å². The number of hydrogen-bond donors (Lipinski definition) is 3. The molecule has 1 saturated heterocycles. The average molecular weight is 451 g/mol. The molecule has 0 bridgehead atoms. The van der Waals surface area contributed by atoms with Gasteiger partial charge in [0.1, 0.15) is 11.5 Å². The highest BCUT2D eigenvalue weighted by molar-refractivity contribution is 5.97. The molecule has 1 aliphatic carbocycles. The fraction of sp³-hybridized carbons (Fsp3) is 0.304. The van der Waals surface area contributed by atoms with Crippen LogP contribution in [-0.2, 0) is 10.4 Å². The minimum absolute atomic E-state index is 0.00435. The number of likely N-dealkylation sites (N-methyl/N-ethyl adjacent to an activating group) is 1. The second kappa shape index (κ2) is 7.38. The monoisotopic (exact) mass is 451 g/mol. The topological polar surface area (TPSA) is 149 Å². The van der Waals surface area contributed by atoms with Crippen LogP contribution in [0.4, 0.5) is 10.1 Å². The van der Waals surface area contributed by atoms with E-state index in [9.17, 15) is 19.1 Å². The fourth-order valence-corrected chi connectivity index (χ4v) is 4.22. The second-order valence-electron chi connectivity index (χ2n) is 8.64. The summed E-state index contributed by atoms with van der Waals surface area (Å²) < 4.78 is 19.9. The number of carbonyl (C=O) groups excluding carboxylic acids is 2. The number of hydrogen-bond acceptors (Lipinski definition) is 7. The van der Waals surface area contributed by atoms with E-state index in [2.05, 4.69) is 10.1 Å². The minimum Gasteiger partial charge on any atom is -0.397 e. The van der Waals surface area contributed by atoms with Gasteiger partial charge in [-0.05, 0) is 48.6 Å². The van der Waals surface area contributed by atoms with E-state index in [1.165, 1.54) is 23.1 Å². The molecule has 0 unspecified atom stereocenters. The summed E-state index contributed by atoms with van der Waals surface area (Å²) in [5.41, 5.74) is 12.1. The maximum Gasteiger partial charge on any atom is 0.269 e. The first-order valence-electron chi connectivity index (χ1n) is 10.5. The summed E-state index contributed by atoms with van der Waals surface area (Å²) >= 11 is 0. The molecule has 1 saturated carbocycles. The lowest BCUT2D eigenvalue weighted by atomic mass is 9.97. The zero-order chi connectivity index (χ0) is 23.5. The van der Waals surface area contributed by atoms with E-state index in [4.69, 9.17) is 16.0 Å². The Morgan fingerprint density at radius 2 is 1.91 bits per heavy atom. The number of rotatable bonds is 5. The highest BCUT2D eigenvalue weighted by Gasteiger charge is 2.48. The number of nitrogens with two attached hydrogens (primary N) is 2. The van der Waals surface area contributed by atoms with Crippen molar-refractivity contribution >= 4 is 17.5 Å². The van der Waals surface area contributed by atoms with Crippen LogP contribution in [-0.4, -0.2) is 45.6 Å². The van der Waals surface area contributed by atoms with Crippen LogP contribution in [0.2, 0.25) is 0 Å². The zero-order valence-electron chi connectivity index (χ0n) is 17.8. The maximum atomic E-state index is 14.6. The number of aromatic nitrogens is 2.